The molecule has 2 aromatic rings. The summed E-state index contributed by atoms with van der Waals surface area (Å²) < 4.78 is 6.58. The molecule has 2 heterocycles. The number of para-hydroxylation sites is 2. The van der Waals surface area contributed by atoms with Crippen LogP contribution in [0.2, 0.25) is 0 Å². The summed E-state index contributed by atoms with van der Waals surface area (Å²) in [6, 6.07) is 7.55. The van der Waals surface area contributed by atoms with Crippen LogP contribution in [0, 0.1) is 5.92 Å². The van der Waals surface area contributed by atoms with Crippen molar-refractivity contribution in [2.45, 2.75) is 6.42 Å². The number of esters is 1. The Morgan fingerprint density at radius 2 is 2.10 bits per heavy atom. The van der Waals surface area contributed by atoms with Gasteiger partial charge in [0.05, 0.1) is 30.7 Å². The molecule has 1 unspecified atom stereocenters. The zero-order valence-electron chi connectivity index (χ0n) is 11.6. The number of rotatable bonds is 3. The third-order valence-corrected chi connectivity index (χ3v) is 3.61. The SMILES string of the molecule is COC(=O)C1CC(=O)N(c2ccccc2-n2ccnc2)C1. The summed E-state index contributed by atoms with van der Waals surface area (Å²) in [5.74, 6) is -0.817. The van der Waals surface area contributed by atoms with Crippen LogP contribution in [0.4, 0.5) is 5.69 Å². The summed E-state index contributed by atoms with van der Waals surface area (Å²) in [6.45, 7) is 0.344. The Labute approximate surface area is 122 Å². The molecule has 1 aliphatic rings. The first kappa shape index (κ1) is 13.4. The third-order valence-electron chi connectivity index (χ3n) is 3.61. The van der Waals surface area contributed by atoms with Gasteiger partial charge in [-0.3, -0.25) is 9.59 Å². The first-order valence-electron chi connectivity index (χ1n) is 6.66. The number of methoxy groups -OCH3 is 1. The second-order valence-electron chi connectivity index (χ2n) is 4.89. The highest BCUT2D eigenvalue weighted by molar-refractivity contribution is 6.00. The number of amides is 1. The number of hydrogen-bond acceptors (Lipinski definition) is 4. The Morgan fingerprint density at radius 1 is 1.33 bits per heavy atom. The van der Waals surface area contributed by atoms with Crippen molar-refractivity contribution >= 4 is 17.6 Å². The van der Waals surface area contributed by atoms with Crippen molar-refractivity contribution in [1.82, 2.24) is 9.55 Å². The van der Waals surface area contributed by atoms with Gasteiger partial charge in [-0.2, -0.15) is 0 Å². The summed E-state index contributed by atoms with van der Waals surface area (Å²) in [6.07, 6.45) is 5.36. The van der Waals surface area contributed by atoms with Crippen molar-refractivity contribution < 1.29 is 14.3 Å². The van der Waals surface area contributed by atoms with E-state index < -0.39 is 5.92 Å². The van der Waals surface area contributed by atoms with E-state index in [4.69, 9.17) is 4.74 Å². The second kappa shape index (κ2) is 5.40. The average Bonchev–Trinajstić information content (AvgIpc) is 3.16. The van der Waals surface area contributed by atoms with E-state index in [-0.39, 0.29) is 18.3 Å². The van der Waals surface area contributed by atoms with Crippen LogP contribution in [0.1, 0.15) is 6.42 Å². The number of carbonyl (C=O) groups is 2. The van der Waals surface area contributed by atoms with Gasteiger partial charge in [0, 0.05) is 25.4 Å². The molecule has 0 N–H and O–H groups in total. The maximum Gasteiger partial charge on any atom is 0.311 e. The maximum atomic E-state index is 12.2. The molecule has 21 heavy (non-hydrogen) atoms. The number of benzene rings is 1. The molecule has 1 aromatic carbocycles. The second-order valence-corrected chi connectivity index (χ2v) is 4.89. The first-order chi connectivity index (χ1) is 10.2. The highest BCUT2D eigenvalue weighted by Gasteiger charge is 2.36. The Morgan fingerprint density at radius 3 is 2.76 bits per heavy atom. The van der Waals surface area contributed by atoms with Crippen molar-refractivity contribution in [3.05, 3.63) is 43.0 Å². The molecule has 108 valence electrons. The predicted molar refractivity (Wildman–Crippen MR) is 76.0 cm³/mol. The molecule has 0 saturated carbocycles. The van der Waals surface area contributed by atoms with Gasteiger partial charge in [0.2, 0.25) is 5.91 Å². The summed E-state index contributed by atoms with van der Waals surface area (Å²) in [5, 5.41) is 0. The molecule has 1 amide bonds. The van der Waals surface area contributed by atoms with E-state index in [9.17, 15) is 9.59 Å². The highest BCUT2D eigenvalue weighted by Crippen LogP contribution is 2.30. The van der Waals surface area contributed by atoms with Crippen LogP contribution in [0.3, 0.4) is 0 Å². The zero-order valence-corrected chi connectivity index (χ0v) is 11.6. The zero-order chi connectivity index (χ0) is 14.8. The quantitative estimate of drug-likeness (QED) is 0.800. The fourth-order valence-corrected chi connectivity index (χ4v) is 2.58. The molecule has 0 radical (unpaired) electrons. The third kappa shape index (κ3) is 2.40. The smallest absolute Gasteiger partial charge is 0.311 e. The summed E-state index contributed by atoms with van der Waals surface area (Å²) in [7, 11) is 1.34. The Hall–Kier alpha value is -2.63. The molecule has 0 aliphatic carbocycles. The van der Waals surface area contributed by atoms with E-state index in [0.29, 0.717) is 6.54 Å². The number of imidazole rings is 1. The van der Waals surface area contributed by atoms with Gasteiger partial charge in [0.15, 0.2) is 0 Å². The molecule has 1 fully saturated rings. The molecule has 6 nitrogen and oxygen atoms in total. The molecule has 1 aromatic heterocycles. The lowest BCUT2D eigenvalue weighted by molar-refractivity contribution is -0.145. The number of hydrogen-bond donors (Lipinski definition) is 0. The van der Waals surface area contributed by atoms with Crippen molar-refractivity contribution in [2.24, 2.45) is 5.92 Å². The van der Waals surface area contributed by atoms with Gasteiger partial charge in [-0.15, -0.1) is 0 Å². The number of carbonyl (C=O) groups excluding carboxylic acids is 2. The van der Waals surface area contributed by atoms with Crippen molar-refractivity contribution in [3.63, 3.8) is 0 Å². The Kier molecular flexibility index (Phi) is 3.43. The van der Waals surface area contributed by atoms with Crippen LogP contribution in [0.25, 0.3) is 5.69 Å². The lowest BCUT2D eigenvalue weighted by atomic mass is 10.1. The van der Waals surface area contributed by atoms with Gasteiger partial charge in [-0.05, 0) is 12.1 Å². The molecule has 1 atom stereocenters. The molecular weight excluding hydrogens is 270 g/mol. The van der Waals surface area contributed by atoms with Gasteiger partial charge in [0.25, 0.3) is 0 Å². The number of anilines is 1. The Bertz CT molecular complexity index is 667. The fourth-order valence-electron chi connectivity index (χ4n) is 2.58. The lowest BCUT2D eigenvalue weighted by Crippen LogP contribution is -2.27. The average molecular weight is 285 g/mol. The van der Waals surface area contributed by atoms with Gasteiger partial charge in [-0.25, -0.2) is 4.98 Å². The molecular formula is C15H15N3O3. The topological polar surface area (TPSA) is 64.4 Å². The van der Waals surface area contributed by atoms with Gasteiger partial charge >= 0.3 is 5.97 Å². The number of nitrogens with zero attached hydrogens (tertiary/aromatic N) is 3. The standard InChI is InChI=1S/C15H15N3O3/c1-21-15(20)11-8-14(19)18(9-11)13-5-3-2-4-12(13)17-7-6-16-10-17/h2-7,10-11H,8-9H2,1H3. The molecule has 1 saturated heterocycles. The molecule has 1 aliphatic heterocycles. The molecule has 3 rings (SSSR count). The van der Waals surface area contributed by atoms with Crippen molar-refractivity contribution in [1.29, 1.82) is 0 Å². The summed E-state index contributed by atoms with van der Waals surface area (Å²) in [4.78, 5) is 29.5. The minimum atomic E-state index is -0.404. The first-order valence-corrected chi connectivity index (χ1v) is 6.66. The normalized spacial score (nSPS) is 18.0. The number of aromatic nitrogens is 2. The van der Waals surface area contributed by atoms with E-state index in [1.807, 2.05) is 35.0 Å². The largest absolute Gasteiger partial charge is 0.469 e. The monoisotopic (exact) mass is 285 g/mol. The van der Waals surface area contributed by atoms with Crippen molar-refractivity contribution in [2.75, 3.05) is 18.6 Å². The van der Waals surface area contributed by atoms with E-state index in [1.54, 1.807) is 17.4 Å². The van der Waals surface area contributed by atoms with Gasteiger partial charge < -0.3 is 14.2 Å². The van der Waals surface area contributed by atoms with E-state index >= 15 is 0 Å². The van der Waals surface area contributed by atoms with Crippen LogP contribution in [0.5, 0.6) is 0 Å². The molecule has 0 spiro atoms. The Balaban J connectivity index is 1.95. The van der Waals surface area contributed by atoms with Gasteiger partial charge in [-0.1, -0.05) is 12.1 Å². The minimum absolute atomic E-state index is 0.0713. The van der Waals surface area contributed by atoms with E-state index in [0.717, 1.165) is 11.4 Å². The van der Waals surface area contributed by atoms with Crippen LogP contribution >= 0.6 is 0 Å². The molecule has 0 bridgehead atoms. The predicted octanol–water partition coefficient (Wildman–Crippen LogP) is 1.40. The fraction of sp³-hybridized carbons (Fsp3) is 0.267. The van der Waals surface area contributed by atoms with Crippen LogP contribution in [0.15, 0.2) is 43.0 Å². The summed E-state index contributed by atoms with van der Waals surface area (Å²) >= 11 is 0. The van der Waals surface area contributed by atoms with E-state index in [1.165, 1.54) is 7.11 Å². The van der Waals surface area contributed by atoms with Crippen molar-refractivity contribution in [3.8, 4) is 5.69 Å². The van der Waals surface area contributed by atoms with Crippen LogP contribution < -0.4 is 4.90 Å². The maximum absolute atomic E-state index is 12.2. The molecule has 6 heteroatoms. The van der Waals surface area contributed by atoms with Gasteiger partial charge in [0.1, 0.15) is 0 Å². The van der Waals surface area contributed by atoms with E-state index in [2.05, 4.69) is 4.98 Å². The van der Waals surface area contributed by atoms with Crippen LogP contribution in [-0.2, 0) is 14.3 Å². The lowest BCUT2D eigenvalue weighted by Gasteiger charge is -2.20. The summed E-state index contributed by atoms with van der Waals surface area (Å²) in [5.41, 5.74) is 1.63. The van der Waals surface area contributed by atoms with Crippen LogP contribution in [-0.4, -0.2) is 35.1 Å². The highest BCUT2D eigenvalue weighted by atomic mass is 16.5. The minimum Gasteiger partial charge on any atom is -0.469 e. The number of ether oxygens (including phenoxy) is 1.